The van der Waals surface area contributed by atoms with Crippen molar-refractivity contribution in [2.45, 2.75) is 13.3 Å². The van der Waals surface area contributed by atoms with Gasteiger partial charge in [-0.05, 0) is 42.8 Å². The molecule has 0 fully saturated rings. The van der Waals surface area contributed by atoms with Crippen molar-refractivity contribution in [2.75, 3.05) is 19.0 Å². The van der Waals surface area contributed by atoms with Crippen molar-refractivity contribution in [3.63, 3.8) is 0 Å². The molecule has 3 aromatic heterocycles. The van der Waals surface area contributed by atoms with Crippen LogP contribution in [0.25, 0.3) is 22.6 Å². The van der Waals surface area contributed by atoms with Gasteiger partial charge in [-0.2, -0.15) is 0 Å². The number of nitrogens with zero attached hydrogens (tertiary/aromatic N) is 2. The Balaban J connectivity index is 1.50. The van der Waals surface area contributed by atoms with Crippen LogP contribution in [0.5, 0.6) is 0 Å². The minimum Gasteiger partial charge on any atom is -0.468 e. The minimum atomic E-state index is -0.523. The summed E-state index contributed by atoms with van der Waals surface area (Å²) in [6, 6.07) is 11.9. The second kappa shape index (κ2) is 9.35. The number of amides is 2. The molecule has 0 aliphatic rings. The number of benzene rings is 1. The van der Waals surface area contributed by atoms with Crippen LogP contribution >= 0.6 is 0 Å². The number of hydrogen-bond donors (Lipinski definition) is 2. The number of pyridine rings is 1. The predicted octanol–water partition coefficient (Wildman–Crippen LogP) is 2.88. The summed E-state index contributed by atoms with van der Waals surface area (Å²) < 4.78 is 15.2. The van der Waals surface area contributed by atoms with Gasteiger partial charge in [0.15, 0.2) is 5.76 Å². The molecule has 168 valence electrons. The maximum atomic E-state index is 13.1. The highest BCUT2D eigenvalue weighted by Crippen LogP contribution is 2.28. The lowest BCUT2D eigenvalue weighted by molar-refractivity contribution is -0.141. The van der Waals surface area contributed by atoms with Crippen molar-refractivity contribution in [3.05, 3.63) is 65.5 Å². The number of rotatable bonds is 7. The van der Waals surface area contributed by atoms with Gasteiger partial charge in [-0.3, -0.25) is 14.4 Å². The molecule has 0 aliphatic carbocycles. The summed E-state index contributed by atoms with van der Waals surface area (Å²) in [5.74, 6) is -0.713. The molecule has 0 aliphatic heterocycles. The van der Waals surface area contributed by atoms with E-state index in [2.05, 4.69) is 25.5 Å². The molecule has 4 aromatic rings. The number of nitrogens with one attached hydrogen (secondary N) is 2. The molecule has 0 saturated heterocycles. The molecule has 2 amide bonds. The van der Waals surface area contributed by atoms with Crippen molar-refractivity contribution in [1.29, 1.82) is 0 Å². The molecule has 3 heterocycles. The lowest BCUT2D eigenvalue weighted by atomic mass is 10.1. The Kier molecular flexibility index (Phi) is 6.16. The van der Waals surface area contributed by atoms with Gasteiger partial charge >= 0.3 is 5.97 Å². The minimum absolute atomic E-state index is 0.0859. The number of aryl methyl sites for hydroxylation is 1. The fraction of sp³-hybridized carbons (Fsp3) is 0.174. The Morgan fingerprint density at radius 2 is 1.91 bits per heavy atom. The third-order valence-corrected chi connectivity index (χ3v) is 4.87. The SMILES string of the molecule is COC(=O)CNC(=O)Cc1ccc(NC(=O)c2cc(-c3ccco3)nc3onc(C)c23)cc1. The van der Waals surface area contributed by atoms with Crippen LogP contribution in [0.1, 0.15) is 21.6 Å². The van der Waals surface area contributed by atoms with E-state index in [0.717, 1.165) is 5.56 Å². The number of aromatic nitrogens is 2. The highest BCUT2D eigenvalue weighted by Gasteiger charge is 2.20. The molecule has 0 radical (unpaired) electrons. The number of hydrogen-bond acceptors (Lipinski definition) is 8. The summed E-state index contributed by atoms with van der Waals surface area (Å²) in [6.45, 7) is 1.54. The van der Waals surface area contributed by atoms with Gasteiger partial charge in [0.1, 0.15) is 12.2 Å². The largest absolute Gasteiger partial charge is 0.468 e. The Bertz CT molecular complexity index is 1310. The highest BCUT2D eigenvalue weighted by atomic mass is 16.5. The monoisotopic (exact) mass is 448 g/mol. The first-order valence-corrected chi connectivity index (χ1v) is 9.99. The lowest BCUT2D eigenvalue weighted by Gasteiger charge is -2.09. The van der Waals surface area contributed by atoms with E-state index in [9.17, 15) is 14.4 Å². The Morgan fingerprint density at radius 3 is 2.61 bits per heavy atom. The molecule has 0 saturated carbocycles. The molecule has 10 heteroatoms. The van der Waals surface area contributed by atoms with Crippen molar-refractivity contribution in [1.82, 2.24) is 15.5 Å². The van der Waals surface area contributed by atoms with Gasteiger partial charge in [0.25, 0.3) is 11.6 Å². The Labute approximate surface area is 187 Å². The highest BCUT2D eigenvalue weighted by molar-refractivity contribution is 6.13. The van der Waals surface area contributed by atoms with Crippen molar-refractivity contribution < 1.29 is 28.1 Å². The van der Waals surface area contributed by atoms with Crippen LogP contribution in [0.15, 0.2) is 57.7 Å². The van der Waals surface area contributed by atoms with Gasteiger partial charge < -0.3 is 24.3 Å². The van der Waals surface area contributed by atoms with Gasteiger partial charge in [-0.1, -0.05) is 17.3 Å². The van der Waals surface area contributed by atoms with Crippen LogP contribution in [0.3, 0.4) is 0 Å². The number of carbonyl (C=O) groups excluding carboxylic acids is 3. The number of methoxy groups -OCH3 is 1. The fourth-order valence-corrected chi connectivity index (χ4v) is 3.22. The first-order valence-electron chi connectivity index (χ1n) is 9.99. The number of esters is 1. The average molecular weight is 448 g/mol. The summed E-state index contributed by atoms with van der Waals surface area (Å²) in [5, 5.41) is 9.75. The Hall–Kier alpha value is -4.47. The van der Waals surface area contributed by atoms with Gasteiger partial charge in [-0.15, -0.1) is 0 Å². The molecule has 2 N–H and O–H groups in total. The summed E-state index contributed by atoms with van der Waals surface area (Å²) in [4.78, 5) is 40.5. The zero-order chi connectivity index (χ0) is 23.4. The molecule has 10 nitrogen and oxygen atoms in total. The molecule has 33 heavy (non-hydrogen) atoms. The summed E-state index contributed by atoms with van der Waals surface area (Å²) >= 11 is 0. The normalized spacial score (nSPS) is 10.7. The molecule has 4 rings (SSSR count). The number of furan rings is 1. The van der Waals surface area contributed by atoms with Crippen LogP contribution in [-0.2, 0) is 20.7 Å². The van der Waals surface area contributed by atoms with Gasteiger partial charge in [-0.25, -0.2) is 4.98 Å². The van der Waals surface area contributed by atoms with E-state index in [1.165, 1.54) is 13.4 Å². The smallest absolute Gasteiger partial charge is 0.325 e. The zero-order valence-corrected chi connectivity index (χ0v) is 17.9. The first-order chi connectivity index (χ1) is 15.9. The van der Waals surface area contributed by atoms with Crippen molar-refractivity contribution in [3.8, 4) is 11.5 Å². The van der Waals surface area contributed by atoms with Crippen molar-refractivity contribution >= 4 is 34.6 Å². The topological polar surface area (TPSA) is 137 Å². The molecular weight excluding hydrogens is 428 g/mol. The van der Waals surface area contributed by atoms with Crippen LogP contribution in [0, 0.1) is 6.92 Å². The van der Waals surface area contributed by atoms with E-state index in [-0.39, 0.29) is 30.5 Å². The summed E-state index contributed by atoms with van der Waals surface area (Å²) in [7, 11) is 1.25. The van der Waals surface area contributed by atoms with Gasteiger partial charge in [0.05, 0.1) is 36.4 Å². The standard InChI is InChI=1S/C23H20N4O6/c1-13-21-16(11-17(18-4-3-9-32-18)26-23(21)33-27-13)22(30)25-15-7-5-14(6-8-15)10-19(28)24-12-20(29)31-2/h3-9,11H,10,12H2,1-2H3,(H,24,28)(H,25,30). The molecule has 0 unspecified atom stereocenters. The Morgan fingerprint density at radius 1 is 1.12 bits per heavy atom. The lowest BCUT2D eigenvalue weighted by Crippen LogP contribution is -2.31. The van der Waals surface area contributed by atoms with Gasteiger partial charge in [0.2, 0.25) is 5.91 Å². The third-order valence-electron chi connectivity index (χ3n) is 4.87. The second-order valence-corrected chi connectivity index (χ2v) is 7.16. The number of ether oxygens (including phenoxy) is 1. The van der Waals surface area contributed by atoms with E-state index in [1.807, 2.05) is 0 Å². The number of fused-ring (bicyclic) bond motifs is 1. The van der Waals surface area contributed by atoms with Crippen LogP contribution in [-0.4, -0.2) is 41.6 Å². The first kappa shape index (κ1) is 21.8. The maximum Gasteiger partial charge on any atom is 0.325 e. The van der Waals surface area contributed by atoms with Gasteiger partial charge in [0, 0.05) is 5.69 Å². The summed E-state index contributed by atoms with van der Waals surface area (Å²) in [6.07, 6.45) is 1.60. The molecule has 0 bridgehead atoms. The van der Waals surface area contributed by atoms with Crippen molar-refractivity contribution in [2.24, 2.45) is 0 Å². The van der Waals surface area contributed by atoms with E-state index in [0.29, 0.717) is 33.8 Å². The predicted molar refractivity (Wildman–Crippen MR) is 117 cm³/mol. The zero-order valence-electron chi connectivity index (χ0n) is 17.9. The van der Waals surface area contributed by atoms with E-state index in [4.69, 9.17) is 8.94 Å². The van der Waals surface area contributed by atoms with E-state index >= 15 is 0 Å². The average Bonchev–Trinajstić information content (AvgIpc) is 3.48. The fourth-order valence-electron chi connectivity index (χ4n) is 3.22. The van der Waals surface area contributed by atoms with Crippen LogP contribution < -0.4 is 10.6 Å². The molecule has 0 spiro atoms. The summed E-state index contributed by atoms with van der Waals surface area (Å²) in [5.41, 5.74) is 2.83. The number of carbonyl (C=O) groups is 3. The maximum absolute atomic E-state index is 13.1. The quantitative estimate of drug-likeness (QED) is 0.412. The molecular formula is C23H20N4O6. The second-order valence-electron chi connectivity index (χ2n) is 7.16. The molecule has 1 aromatic carbocycles. The molecule has 0 atom stereocenters. The van der Waals surface area contributed by atoms with Crippen LogP contribution in [0.2, 0.25) is 0 Å². The van der Waals surface area contributed by atoms with Crippen LogP contribution in [0.4, 0.5) is 5.69 Å². The van der Waals surface area contributed by atoms with E-state index < -0.39 is 5.97 Å². The number of anilines is 1. The third kappa shape index (κ3) is 4.90. The van der Waals surface area contributed by atoms with E-state index in [1.54, 1.807) is 49.4 Å².